The Balaban J connectivity index is 2.08. The summed E-state index contributed by atoms with van der Waals surface area (Å²) in [5.41, 5.74) is 5.58. The van der Waals surface area contributed by atoms with Crippen molar-refractivity contribution in [3.8, 4) is 11.3 Å². The number of fused-ring (bicyclic) bond motifs is 3. The van der Waals surface area contributed by atoms with E-state index in [2.05, 4.69) is 47.7 Å². The van der Waals surface area contributed by atoms with Gasteiger partial charge in [0.25, 0.3) is 0 Å². The molecule has 0 N–H and O–H groups in total. The van der Waals surface area contributed by atoms with Crippen LogP contribution in [0, 0.1) is 0 Å². The predicted molar refractivity (Wildman–Crippen MR) is 99.6 cm³/mol. The fraction of sp³-hybridized carbons (Fsp3) is 0.100. The summed E-state index contributed by atoms with van der Waals surface area (Å²) in [6, 6.07) is 16.5. The van der Waals surface area contributed by atoms with Crippen LogP contribution >= 0.6 is 23.2 Å². The van der Waals surface area contributed by atoms with Crippen molar-refractivity contribution in [2.75, 3.05) is 0 Å². The van der Waals surface area contributed by atoms with Crippen molar-refractivity contribution in [3.05, 3.63) is 87.8 Å². The molecule has 1 unspecified atom stereocenters. The lowest BCUT2D eigenvalue weighted by Gasteiger charge is -2.27. The zero-order valence-corrected chi connectivity index (χ0v) is 14.6. The highest BCUT2D eigenvalue weighted by molar-refractivity contribution is 6.40. The minimum Gasteiger partial charge on any atom is -0.234 e. The molecular weight excluding hydrogens is 339 g/mol. The average molecular weight is 353 g/mol. The molecule has 24 heavy (non-hydrogen) atoms. The molecule has 4 rings (SSSR count). The Labute approximate surface area is 150 Å². The Morgan fingerprint density at radius 1 is 1.00 bits per heavy atom. The number of nitrogens with zero attached hydrogens (tertiary/aromatic N) is 2. The molecule has 0 spiro atoms. The van der Waals surface area contributed by atoms with E-state index in [9.17, 15) is 0 Å². The van der Waals surface area contributed by atoms with E-state index in [1.807, 2.05) is 30.3 Å². The standard InChI is InChI=1S/C20H14Cl2N2/c1-3-12-7-6-8-13(11-12)20(2)15-10-5-4-9-14(15)16-17(20)24-19(22)18(21)23-16/h3-11H,1H2,2H3. The molecule has 0 fully saturated rings. The first-order valence-corrected chi connectivity index (χ1v) is 8.37. The van der Waals surface area contributed by atoms with E-state index < -0.39 is 5.41 Å². The average Bonchev–Trinajstić information content (AvgIpc) is 2.86. The van der Waals surface area contributed by atoms with E-state index in [4.69, 9.17) is 23.2 Å². The molecular formula is C20H14Cl2N2. The molecule has 0 saturated heterocycles. The van der Waals surface area contributed by atoms with Crippen LogP contribution < -0.4 is 0 Å². The van der Waals surface area contributed by atoms with Crippen molar-refractivity contribution < 1.29 is 0 Å². The van der Waals surface area contributed by atoms with Crippen LogP contribution in [0.1, 0.15) is 29.3 Å². The zero-order valence-electron chi connectivity index (χ0n) is 13.1. The van der Waals surface area contributed by atoms with Gasteiger partial charge in [-0.1, -0.05) is 84.4 Å². The first-order valence-electron chi connectivity index (χ1n) is 7.62. The van der Waals surface area contributed by atoms with Crippen LogP contribution in [-0.2, 0) is 5.41 Å². The number of rotatable bonds is 2. The Bertz CT molecular complexity index is 981. The largest absolute Gasteiger partial charge is 0.234 e. The van der Waals surface area contributed by atoms with Gasteiger partial charge in [0.05, 0.1) is 16.8 Å². The normalized spacial score (nSPS) is 18.1. The predicted octanol–water partition coefficient (Wildman–Crippen LogP) is 5.76. The minimum absolute atomic E-state index is 0.231. The number of benzene rings is 2. The number of hydrogen-bond acceptors (Lipinski definition) is 2. The third-order valence-electron chi connectivity index (χ3n) is 4.71. The summed E-state index contributed by atoms with van der Waals surface area (Å²) >= 11 is 12.3. The summed E-state index contributed by atoms with van der Waals surface area (Å²) in [4.78, 5) is 9.11. The molecule has 3 aromatic rings. The maximum absolute atomic E-state index is 6.19. The molecule has 4 heteroatoms. The molecule has 118 valence electrons. The lowest BCUT2D eigenvalue weighted by atomic mass is 9.76. The minimum atomic E-state index is -0.438. The highest BCUT2D eigenvalue weighted by atomic mass is 35.5. The maximum Gasteiger partial charge on any atom is 0.167 e. The number of hydrogen-bond donors (Lipinski definition) is 0. The zero-order chi connectivity index (χ0) is 16.9. The summed E-state index contributed by atoms with van der Waals surface area (Å²) in [6.07, 6.45) is 1.84. The van der Waals surface area contributed by atoms with Gasteiger partial charge in [-0.15, -0.1) is 0 Å². The molecule has 1 aliphatic rings. The lowest BCUT2D eigenvalue weighted by Crippen LogP contribution is -2.24. The van der Waals surface area contributed by atoms with Crippen LogP contribution in [0.15, 0.2) is 55.1 Å². The second-order valence-corrected chi connectivity index (χ2v) is 6.72. The topological polar surface area (TPSA) is 25.8 Å². The van der Waals surface area contributed by atoms with Gasteiger partial charge >= 0.3 is 0 Å². The van der Waals surface area contributed by atoms with Crippen molar-refractivity contribution in [3.63, 3.8) is 0 Å². The fourth-order valence-corrected chi connectivity index (χ4v) is 3.71. The van der Waals surface area contributed by atoms with Crippen molar-refractivity contribution in [2.45, 2.75) is 12.3 Å². The fourth-order valence-electron chi connectivity index (χ4n) is 3.45. The van der Waals surface area contributed by atoms with Gasteiger partial charge < -0.3 is 0 Å². The van der Waals surface area contributed by atoms with Crippen LogP contribution in [0.4, 0.5) is 0 Å². The first-order chi connectivity index (χ1) is 11.6. The number of halogens is 2. The molecule has 0 radical (unpaired) electrons. The maximum atomic E-state index is 6.19. The second-order valence-electron chi connectivity index (χ2n) is 6.00. The quantitative estimate of drug-likeness (QED) is 0.585. The van der Waals surface area contributed by atoms with E-state index in [0.29, 0.717) is 0 Å². The smallest absolute Gasteiger partial charge is 0.167 e. The Morgan fingerprint density at radius 3 is 2.54 bits per heavy atom. The van der Waals surface area contributed by atoms with E-state index in [0.717, 1.165) is 33.6 Å². The number of aromatic nitrogens is 2. The summed E-state index contributed by atoms with van der Waals surface area (Å²) in [5, 5.41) is 0.462. The van der Waals surface area contributed by atoms with Crippen molar-refractivity contribution in [2.24, 2.45) is 0 Å². The van der Waals surface area contributed by atoms with Gasteiger partial charge in [-0.3, -0.25) is 0 Å². The van der Waals surface area contributed by atoms with Gasteiger partial charge in [0, 0.05) is 5.56 Å². The first kappa shape index (κ1) is 15.4. The van der Waals surface area contributed by atoms with Gasteiger partial charge in [0.1, 0.15) is 0 Å². The summed E-state index contributed by atoms with van der Waals surface area (Å²) in [7, 11) is 0. The molecule has 2 nitrogen and oxygen atoms in total. The molecule has 0 bridgehead atoms. The van der Waals surface area contributed by atoms with E-state index in [1.54, 1.807) is 0 Å². The highest BCUT2D eigenvalue weighted by Gasteiger charge is 2.43. The molecule has 2 aromatic carbocycles. The SMILES string of the molecule is C=Cc1cccc(C2(C)c3ccccc3-c3nc(Cl)c(Cl)nc32)c1. The van der Waals surface area contributed by atoms with Crippen molar-refractivity contribution in [1.82, 2.24) is 9.97 Å². The van der Waals surface area contributed by atoms with Crippen LogP contribution in [0.2, 0.25) is 10.3 Å². The van der Waals surface area contributed by atoms with Crippen LogP contribution in [0.25, 0.3) is 17.3 Å². The molecule has 1 heterocycles. The Kier molecular flexibility index (Phi) is 3.48. The summed E-state index contributed by atoms with van der Waals surface area (Å²) in [6.45, 7) is 6.02. The Morgan fingerprint density at radius 2 is 1.75 bits per heavy atom. The van der Waals surface area contributed by atoms with Gasteiger partial charge in [0.2, 0.25) is 0 Å². The van der Waals surface area contributed by atoms with E-state index in [-0.39, 0.29) is 10.3 Å². The van der Waals surface area contributed by atoms with Gasteiger partial charge in [-0.2, -0.15) is 0 Å². The molecule has 1 aromatic heterocycles. The van der Waals surface area contributed by atoms with Gasteiger partial charge in [0.15, 0.2) is 10.3 Å². The van der Waals surface area contributed by atoms with Crippen LogP contribution in [0.3, 0.4) is 0 Å². The van der Waals surface area contributed by atoms with Crippen LogP contribution in [-0.4, -0.2) is 9.97 Å². The van der Waals surface area contributed by atoms with Gasteiger partial charge in [-0.25, -0.2) is 9.97 Å². The van der Waals surface area contributed by atoms with Gasteiger partial charge in [-0.05, 0) is 23.6 Å². The highest BCUT2D eigenvalue weighted by Crippen LogP contribution is 2.51. The summed E-state index contributed by atoms with van der Waals surface area (Å²) < 4.78 is 0. The molecule has 1 aliphatic carbocycles. The van der Waals surface area contributed by atoms with Crippen molar-refractivity contribution in [1.29, 1.82) is 0 Å². The second kappa shape index (κ2) is 5.44. The Hall–Kier alpha value is -2.16. The molecule has 0 saturated carbocycles. The molecule has 0 aliphatic heterocycles. The third kappa shape index (κ3) is 2.03. The van der Waals surface area contributed by atoms with E-state index in [1.165, 1.54) is 0 Å². The van der Waals surface area contributed by atoms with E-state index >= 15 is 0 Å². The third-order valence-corrected chi connectivity index (χ3v) is 5.33. The lowest BCUT2D eigenvalue weighted by molar-refractivity contribution is 0.684. The van der Waals surface area contributed by atoms with Crippen LogP contribution in [0.5, 0.6) is 0 Å². The summed E-state index contributed by atoms with van der Waals surface area (Å²) in [5.74, 6) is 0. The monoisotopic (exact) mass is 352 g/mol. The molecule has 1 atom stereocenters. The van der Waals surface area contributed by atoms with Crippen molar-refractivity contribution >= 4 is 29.3 Å². The molecule has 0 amide bonds.